The molecule has 37 heteroatoms. The van der Waals surface area contributed by atoms with Crippen LogP contribution in [0.3, 0.4) is 0 Å². The van der Waals surface area contributed by atoms with Gasteiger partial charge in [0.25, 0.3) is 33.7 Å². The molecule has 27 N–H and O–H groups in total. The third-order valence-electron chi connectivity index (χ3n) is 11.8. The van der Waals surface area contributed by atoms with Crippen molar-refractivity contribution in [3.8, 4) is 0 Å². The monoisotopic (exact) mass is 1450 g/mol. The molecule has 0 radical (unpaired) electrons. The van der Waals surface area contributed by atoms with Crippen LogP contribution in [-0.4, -0.2) is 271 Å². The van der Waals surface area contributed by atoms with E-state index in [9.17, 15) is 42.0 Å². The van der Waals surface area contributed by atoms with Crippen molar-refractivity contribution in [2.45, 2.75) is 64.7 Å². The molecule has 99 heavy (non-hydrogen) atoms. The van der Waals surface area contributed by atoms with Gasteiger partial charge in [-0.15, -0.1) is 0 Å². The molecule has 2 rings (SSSR count). The van der Waals surface area contributed by atoms with E-state index in [1.165, 1.54) is 24.3 Å². The summed E-state index contributed by atoms with van der Waals surface area (Å²) in [7, 11) is -2.78. The van der Waals surface area contributed by atoms with Crippen molar-refractivity contribution in [3.05, 3.63) is 58.7 Å². The molecule has 35 nitrogen and oxygen atoms in total. The predicted octanol–water partition coefficient (Wildman–Crippen LogP) is -6.24. The quantitative estimate of drug-likeness (QED) is 0.0166. The van der Waals surface area contributed by atoms with E-state index in [-0.39, 0.29) is 71.4 Å². The first kappa shape index (κ1) is 100. The van der Waals surface area contributed by atoms with Crippen LogP contribution in [-0.2, 0) is 62.4 Å². The van der Waals surface area contributed by atoms with Crippen molar-refractivity contribution in [2.75, 3.05) is 227 Å². The van der Waals surface area contributed by atoms with Crippen LogP contribution in [0.15, 0.2) is 36.4 Å². The Morgan fingerprint density at radius 3 is 0.889 bits per heavy atom. The molecule has 0 saturated carbocycles. The molecule has 0 saturated heterocycles. The summed E-state index contributed by atoms with van der Waals surface area (Å²) in [5.41, 5.74) is 49.1. The molecule has 0 heterocycles. The number of rotatable bonds is 55. The molecule has 0 aromatic heterocycles. The Balaban J connectivity index is -0.000000388. The summed E-state index contributed by atoms with van der Waals surface area (Å²) in [6, 6.07) is 8.50. The normalized spacial score (nSPS) is 10.5. The van der Waals surface area contributed by atoms with E-state index < -0.39 is 33.6 Å². The molecule has 0 aliphatic heterocycles. The van der Waals surface area contributed by atoms with Crippen molar-refractivity contribution in [1.29, 1.82) is 0 Å². The van der Waals surface area contributed by atoms with Crippen LogP contribution in [0.1, 0.15) is 108 Å². The maximum Gasteiger partial charge on any atom is 1.00 e. The number of benzene rings is 2. The van der Waals surface area contributed by atoms with Gasteiger partial charge in [-0.25, -0.2) is 0 Å². The summed E-state index contributed by atoms with van der Waals surface area (Å²) in [6.45, 7) is 19.1. The predicted molar refractivity (Wildman–Crippen MR) is 379 cm³/mol. The van der Waals surface area contributed by atoms with E-state index in [0.29, 0.717) is 253 Å². The van der Waals surface area contributed by atoms with Crippen LogP contribution in [0.4, 0.5) is 11.4 Å². The van der Waals surface area contributed by atoms with E-state index in [4.69, 9.17) is 94.1 Å². The summed E-state index contributed by atoms with van der Waals surface area (Å²) >= 11 is 0. The van der Waals surface area contributed by atoms with E-state index >= 15 is 0 Å². The first-order valence-corrected chi connectivity index (χ1v) is 34.7. The maximum absolute atomic E-state index is 12.3. The Morgan fingerprint density at radius 2 is 0.626 bits per heavy atom. The number of likely N-dealkylation sites (N-methyl/N-ethyl adjacent to an activating group) is 1. The molecular formula is C62H122N17NaO18S. The van der Waals surface area contributed by atoms with Crippen LogP contribution < -0.4 is 124 Å². The Kier molecular flexibility index (Phi) is 75.1. The number of nitrogens with two attached hydrogens (primary N) is 9. The van der Waals surface area contributed by atoms with Gasteiger partial charge in [0.1, 0.15) is 0 Å². The summed E-state index contributed by atoms with van der Waals surface area (Å²) < 4.78 is 72.3. The third kappa shape index (κ3) is 67.2. The fourth-order valence-electron chi connectivity index (χ4n) is 6.91. The minimum Gasteiger partial charge on any atom is -1.00 e. The molecule has 0 bridgehead atoms. The number of ether oxygens (including phenoxy) is 8. The fraction of sp³-hybridized carbons (Fsp3) is 0.694. The number of carbonyl (C=O) groups is 7. The standard InChI is InChI=1S/C17H27N5O3.C16H25N5O6S.C13H29N3O4.C10H24N2O3.C6H16N2O2.Na.H/c1-2-15(23)22-14-10-12(16(24)20-7-3-5-18)9-13(11-14)17(25)21-8-4-6-19;17-3-1-5-19-15(23)11-7-12(16(24)20-6-2-4-18)9-13(8-11)21-14(22)10-28(25,26)27;1-15-12-13(17)16-5-3-7-19-9-11-20-10-8-18-6-2-4-14;11-3-1-5-13-7-9-15-10-8-14-6-2-4-12;7-1-3-9-5-6-10-4-2-8;;/h9-11H,2-8,18-19H2,1H3,(H,20,24)(H,21,25)(H,22,23);7-9H,1-6,10,17-18H2,(H,19,23)(H,20,24)(H,21,22)(H,25,26,27);15H,2-12,14H2,1H3,(H,16,17);1-12H2;1-8H2;;/q;;;;;+1;-1. The van der Waals surface area contributed by atoms with Crippen molar-refractivity contribution >= 4 is 62.8 Å². The Morgan fingerprint density at radius 1 is 0.364 bits per heavy atom. The fourth-order valence-corrected chi connectivity index (χ4v) is 7.32. The zero-order chi connectivity index (χ0) is 73.6. The Hall–Kier alpha value is -5.08. The van der Waals surface area contributed by atoms with Crippen LogP contribution >= 0.6 is 0 Å². The summed E-state index contributed by atoms with van der Waals surface area (Å²) in [4.78, 5) is 83.5. The molecule has 0 unspecified atom stereocenters. The average Bonchev–Trinajstić information content (AvgIpc) is 0.844. The molecular weight excluding hydrogens is 1330 g/mol. The minimum atomic E-state index is -4.52. The molecule has 2 aromatic rings. The van der Waals surface area contributed by atoms with Crippen molar-refractivity contribution in [2.24, 2.45) is 51.6 Å². The van der Waals surface area contributed by atoms with Crippen molar-refractivity contribution in [3.63, 3.8) is 0 Å². The number of hydrogen-bond acceptors (Lipinski definition) is 27. The summed E-state index contributed by atoms with van der Waals surface area (Å²) in [6.07, 6.45) is 6.22. The largest absolute Gasteiger partial charge is 1.00 e. The Bertz CT molecular complexity index is 2360. The van der Waals surface area contributed by atoms with Gasteiger partial charge in [-0.3, -0.25) is 38.1 Å². The number of hydrogen-bond donors (Lipinski definition) is 18. The molecule has 0 fully saturated rings. The topological polar surface area (TPSA) is 578 Å². The van der Waals surface area contributed by atoms with Crippen LogP contribution in [0.25, 0.3) is 0 Å². The smallest absolute Gasteiger partial charge is 1.00 e. The van der Waals surface area contributed by atoms with Crippen LogP contribution in [0.5, 0.6) is 0 Å². The first-order chi connectivity index (χ1) is 47.3. The van der Waals surface area contributed by atoms with Gasteiger partial charge in [-0.1, -0.05) is 6.92 Å². The van der Waals surface area contributed by atoms with Gasteiger partial charge in [0.2, 0.25) is 17.7 Å². The molecule has 0 atom stereocenters. The van der Waals surface area contributed by atoms with Gasteiger partial charge in [-0.2, -0.15) is 8.42 Å². The zero-order valence-corrected chi connectivity index (χ0v) is 61.8. The maximum atomic E-state index is 12.3. The summed E-state index contributed by atoms with van der Waals surface area (Å²) in [5, 5.41) is 21.2. The molecule has 0 aliphatic carbocycles. The molecule has 0 aliphatic rings. The second-order valence-corrected chi connectivity index (χ2v) is 22.0. The van der Waals surface area contributed by atoms with Crippen LogP contribution in [0, 0.1) is 0 Å². The Labute approximate surface area is 609 Å². The molecule has 2 aromatic carbocycles. The molecule has 7 amide bonds. The van der Waals surface area contributed by atoms with Gasteiger partial charge < -0.3 is 133 Å². The second-order valence-electron chi connectivity index (χ2n) is 20.5. The van der Waals surface area contributed by atoms with E-state index in [1.54, 1.807) is 26.1 Å². The molecule has 570 valence electrons. The van der Waals surface area contributed by atoms with Crippen LogP contribution in [0.2, 0.25) is 0 Å². The number of amides is 7. The average molecular weight is 1450 g/mol. The second kappa shape index (κ2) is 74.1. The van der Waals surface area contributed by atoms with E-state index in [1.807, 2.05) is 0 Å². The van der Waals surface area contributed by atoms with E-state index in [0.717, 1.165) is 25.7 Å². The van der Waals surface area contributed by atoms with E-state index in [2.05, 4.69) is 42.5 Å². The SMILES string of the molecule is CCC(=O)Nc1cc(C(=O)NCCCN)cc(C(=O)NCCCN)c1.CNCC(=O)NCCCOCCOCCOCCCN.NCCCNC(=O)c1cc(NC(=O)CS(=O)(=O)O)cc(C(=O)NCCCN)c1.NCCCOCCOCCOCCCN.NCCOCCOCCN.[H-].[Na+]. The van der Waals surface area contributed by atoms with Crippen molar-refractivity contribution < 1.29 is 115 Å². The third-order valence-corrected chi connectivity index (χ3v) is 12.4. The number of nitrogens with one attached hydrogen (secondary N) is 8. The van der Waals surface area contributed by atoms with Gasteiger partial charge in [-0.05, 0) is 141 Å². The zero-order valence-electron chi connectivity index (χ0n) is 59.9. The van der Waals surface area contributed by atoms with Gasteiger partial charge in [0, 0.05) is 112 Å². The van der Waals surface area contributed by atoms with Gasteiger partial charge >= 0.3 is 29.6 Å². The summed E-state index contributed by atoms with van der Waals surface area (Å²) in [5.74, 6) is -3.99. The number of anilines is 2. The number of carbonyl (C=O) groups excluding carboxylic acids is 7. The van der Waals surface area contributed by atoms with Gasteiger partial charge in [0.05, 0.1) is 85.8 Å². The minimum absolute atomic E-state index is 0. The van der Waals surface area contributed by atoms with Gasteiger partial charge in [0.15, 0.2) is 5.75 Å². The molecule has 0 spiro atoms. The first-order valence-electron chi connectivity index (χ1n) is 33.1. The van der Waals surface area contributed by atoms with Crippen molar-refractivity contribution in [1.82, 2.24) is 31.9 Å².